The lowest BCUT2D eigenvalue weighted by Gasteiger charge is -2.35. The number of aryl methyl sites for hydroxylation is 1. The molecule has 0 saturated heterocycles. The Kier molecular flexibility index (Phi) is 10.3. The number of nitrogens with two attached hydrogens (primary N) is 1. The zero-order valence-electron chi connectivity index (χ0n) is 18.7. The van der Waals surface area contributed by atoms with Crippen molar-refractivity contribution in [2.75, 3.05) is 13.2 Å². The second-order valence-electron chi connectivity index (χ2n) is 9.61. The lowest BCUT2D eigenvalue weighted by Crippen LogP contribution is -2.46. The highest BCUT2D eigenvalue weighted by Crippen LogP contribution is 2.35. The number of ether oxygens (including phenoxy) is 1. The van der Waals surface area contributed by atoms with Gasteiger partial charge in [-0.3, -0.25) is 0 Å². The summed E-state index contributed by atoms with van der Waals surface area (Å²) in [6.45, 7) is 5.26. The Morgan fingerprint density at radius 1 is 1.14 bits per heavy atom. The fourth-order valence-electron chi connectivity index (χ4n) is 4.12. The van der Waals surface area contributed by atoms with Gasteiger partial charge in [0, 0.05) is 11.6 Å². The van der Waals surface area contributed by atoms with E-state index in [1.165, 1.54) is 51.4 Å². The van der Waals surface area contributed by atoms with Gasteiger partial charge in [-0.2, -0.15) is 0 Å². The van der Waals surface area contributed by atoms with Crippen molar-refractivity contribution >= 4 is 0 Å². The van der Waals surface area contributed by atoms with Gasteiger partial charge >= 0.3 is 0 Å². The predicted octanol–water partition coefficient (Wildman–Crippen LogP) is 5.58. The van der Waals surface area contributed by atoms with Gasteiger partial charge in [-0.15, -0.1) is 0 Å². The minimum atomic E-state index is -0.540. The maximum absolute atomic E-state index is 10.4. The van der Waals surface area contributed by atoms with E-state index in [0.717, 1.165) is 30.1 Å². The second kappa shape index (κ2) is 12.4. The van der Waals surface area contributed by atoms with Crippen LogP contribution < -0.4 is 10.5 Å². The van der Waals surface area contributed by atoms with Gasteiger partial charge in [0.05, 0.1) is 13.2 Å². The average Bonchev–Trinajstić information content (AvgIpc) is 2.66. The first-order valence-corrected chi connectivity index (χ1v) is 11.8. The molecule has 1 aromatic carbocycles. The Morgan fingerprint density at radius 3 is 2.48 bits per heavy atom. The third-order valence-electron chi connectivity index (χ3n) is 6.38. The molecule has 1 aliphatic carbocycles. The molecule has 4 heteroatoms. The zero-order valence-corrected chi connectivity index (χ0v) is 18.7. The molecule has 0 amide bonds. The van der Waals surface area contributed by atoms with Crippen LogP contribution in [-0.2, 0) is 6.42 Å². The molecule has 4 N–H and O–H groups in total. The van der Waals surface area contributed by atoms with Gasteiger partial charge < -0.3 is 20.7 Å². The average molecular weight is 406 g/mol. The van der Waals surface area contributed by atoms with Crippen LogP contribution in [0.15, 0.2) is 18.2 Å². The van der Waals surface area contributed by atoms with E-state index in [9.17, 15) is 10.2 Å². The molecule has 0 spiro atoms. The van der Waals surface area contributed by atoms with E-state index in [1.807, 2.05) is 12.1 Å². The fourth-order valence-corrected chi connectivity index (χ4v) is 4.12. The van der Waals surface area contributed by atoms with Gasteiger partial charge in [-0.05, 0) is 49.1 Å². The Labute approximate surface area is 177 Å². The SMILES string of the molecule is CC(C)CCCCCCCOc1ccc(CC[C@@](N)(CO)CC2CCC2)c(O)c1. The molecule has 1 fully saturated rings. The van der Waals surface area contributed by atoms with Crippen molar-refractivity contribution in [2.24, 2.45) is 17.6 Å². The van der Waals surface area contributed by atoms with Crippen molar-refractivity contribution in [1.82, 2.24) is 0 Å². The molecule has 0 aliphatic heterocycles. The molecule has 29 heavy (non-hydrogen) atoms. The summed E-state index contributed by atoms with van der Waals surface area (Å²) < 4.78 is 5.80. The number of aliphatic hydroxyl groups excluding tert-OH is 1. The standard InChI is InChI=1S/C25H43NO3/c1-20(2)9-6-4-3-5-7-16-29-23-13-12-22(24(28)17-23)14-15-25(26,19-27)18-21-10-8-11-21/h12-13,17,20-21,27-28H,3-11,14-16,18-19,26H2,1-2H3/t25-/m0/s1. The molecule has 0 aromatic heterocycles. The molecular weight excluding hydrogens is 362 g/mol. The van der Waals surface area contributed by atoms with Gasteiger partial charge in [-0.1, -0.05) is 71.3 Å². The van der Waals surface area contributed by atoms with E-state index in [1.54, 1.807) is 6.07 Å². The van der Waals surface area contributed by atoms with Crippen LogP contribution in [0.2, 0.25) is 0 Å². The maximum Gasteiger partial charge on any atom is 0.122 e. The number of phenols is 1. The van der Waals surface area contributed by atoms with Gasteiger partial charge in [0.15, 0.2) is 0 Å². The van der Waals surface area contributed by atoms with Crippen LogP contribution in [0.25, 0.3) is 0 Å². The number of aromatic hydroxyl groups is 1. The molecule has 1 aliphatic rings. The summed E-state index contributed by atoms with van der Waals surface area (Å²) in [6, 6.07) is 5.57. The van der Waals surface area contributed by atoms with Gasteiger partial charge in [0.25, 0.3) is 0 Å². The fraction of sp³-hybridized carbons (Fsp3) is 0.760. The molecule has 1 saturated carbocycles. The van der Waals surface area contributed by atoms with Crippen LogP contribution in [0.4, 0.5) is 0 Å². The topological polar surface area (TPSA) is 75.7 Å². The highest BCUT2D eigenvalue weighted by Gasteiger charge is 2.31. The summed E-state index contributed by atoms with van der Waals surface area (Å²) in [6.07, 6.45) is 13.5. The summed E-state index contributed by atoms with van der Waals surface area (Å²) in [7, 11) is 0. The second-order valence-corrected chi connectivity index (χ2v) is 9.61. The summed E-state index contributed by atoms with van der Waals surface area (Å²) in [4.78, 5) is 0. The molecule has 2 rings (SSSR count). The molecule has 0 bridgehead atoms. The minimum Gasteiger partial charge on any atom is -0.508 e. The van der Waals surface area contributed by atoms with E-state index in [0.29, 0.717) is 25.4 Å². The number of unbranched alkanes of at least 4 members (excludes halogenated alkanes) is 4. The number of phenolic OH excluding ortho intramolecular Hbond substituents is 1. The first-order valence-electron chi connectivity index (χ1n) is 11.8. The molecular formula is C25H43NO3. The largest absolute Gasteiger partial charge is 0.508 e. The molecule has 0 heterocycles. The third kappa shape index (κ3) is 8.96. The van der Waals surface area contributed by atoms with Crippen molar-refractivity contribution in [1.29, 1.82) is 0 Å². The Morgan fingerprint density at radius 2 is 1.86 bits per heavy atom. The van der Waals surface area contributed by atoms with Gasteiger partial charge in [0.2, 0.25) is 0 Å². The Hall–Kier alpha value is -1.26. The van der Waals surface area contributed by atoms with Crippen molar-refractivity contribution < 1.29 is 14.9 Å². The van der Waals surface area contributed by atoms with Crippen LogP contribution in [0.3, 0.4) is 0 Å². The van der Waals surface area contributed by atoms with E-state index in [2.05, 4.69) is 13.8 Å². The van der Waals surface area contributed by atoms with Crippen molar-refractivity contribution in [3.63, 3.8) is 0 Å². The Bertz CT molecular complexity index is 585. The summed E-state index contributed by atoms with van der Waals surface area (Å²) in [5.74, 6) is 2.45. The van der Waals surface area contributed by atoms with Gasteiger partial charge in [-0.25, -0.2) is 0 Å². The third-order valence-corrected chi connectivity index (χ3v) is 6.38. The lowest BCUT2D eigenvalue weighted by atomic mass is 9.75. The molecule has 1 aromatic rings. The van der Waals surface area contributed by atoms with Crippen molar-refractivity contribution in [3.05, 3.63) is 23.8 Å². The van der Waals surface area contributed by atoms with Crippen LogP contribution in [-0.4, -0.2) is 29.0 Å². The Balaban J connectivity index is 1.67. The van der Waals surface area contributed by atoms with Crippen LogP contribution in [0.1, 0.15) is 90.0 Å². The lowest BCUT2D eigenvalue weighted by molar-refractivity contribution is 0.135. The highest BCUT2D eigenvalue weighted by atomic mass is 16.5. The van der Waals surface area contributed by atoms with E-state index in [4.69, 9.17) is 10.5 Å². The highest BCUT2D eigenvalue weighted by molar-refractivity contribution is 5.39. The number of hydrogen-bond donors (Lipinski definition) is 3. The number of hydrogen-bond acceptors (Lipinski definition) is 4. The number of benzene rings is 1. The summed E-state index contributed by atoms with van der Waals surface area (Å²) in [5.41, 5.74) is 6.75. The first-order chi connectivity index (χ1) is 13.9. The van der Waals surface area contributed by atoms with Crippen LogP contribution in [0.5, 0.6) is 11.5 Å². The quantitative estimate of drug-likeness (QED) is 0.333. The smallest absolute Gasteiger partial charge is 0.122 e. The zero-order chi connectivity index (χ0) is 21.1. The minimum absolute atomic E-state index is 0.00290. The van der Waals surface area contributed by atoms with Gasteiger partial charge in [0.1, 0.15) is 11.5 Å². The molecule has 0 unspecified atom stereocenters. The molecule has 0 radical (unpaired) electrons. The van der Waals surface area contributed by atoms with Crippen LogP contribution >= 0.6 is 0 Å². The summed E-state index contributed by atoms with van der Waals surface area (Å²) >= 11 is 0. The van der Waals surface area contributed by atoms with Crippen molar-refractivity contribution in [3.8, 4) is 11.5 Å². The van der Waals surface area contributed by atoms with E-state index in [-0.39, 0.29) is 12.4 Å². The number of rotatable bonds is 15. The predicted molar refractivity (Wildman–Crippen MR) is 120 cm³/mol. The number of aliphatic hydroxyl groups is 1. The monoisotopic (exact) mass is 405 g/mol. The molecule has 1 atom stereocenters. The van der Waals surface area contributed by atoms with Crippen LogP contribution in [0, 0.1) is 11.8 Å². The van der Waals surface area contributed by atoms with E-state index < -0.39 is 5.54 Å². The normalized spacial score (nSPS) is 16.6. The first kappa shape index (κ1) is 24.0. The van der Waals surface area contributed by atoms with Crippen molar-refractivity contribution in [2.45, 2.75) is 96.4 Å². The molecule has 166 valence electrons. The van der Waals surface area contributed by atoms with E-state index >= 15 is 0 Å². The summed E-state index contributed by atoms with van der Waals surface area (Å²) in [5, 5.41) is 20.1. The molecule has 4 nitrogen and oxygen atoms in total. The maximum atomic E-state index is 10.4.